The van der Waals surface area contributed by atoms with Crippen LogP contribution < -0.4 is 10.6 Å². The topological polar surface area (TPSA) is 78.4 Å². The van der Waals surface area contributed by atoms with Crippen molar-refractivity contribution in [1.82, 2.24) is 5.32 Å². The zero-order valence-electron chi connectivity index (χ0n) is 13.2. The minimum Gasteiger partial charge on any atom is -0.394 e. The first kappa shape index (κ1) is 16.5. The number of fused-ring (bicyclic) bond motifs is 1. The van der Waals surface area contributed by atoms with Crippen LogP contribution in [-0.2, 0) is 6.42 Å². The van der Waals surface area contributed by atoms with E-state index in [1.54, 1.807) is 6.07 Å². The summed E-state index contributed by atoms with van der Waals surface area (Å²) in [5, 5.41) is 15.1. The number of anilines is 1. The lowest BCUT2D eigenvalue weighted by molar-refractivity contribution is 0.0972. The van der Waals surface area contributed by atoms with Gasteiger partial charge in [-0.3, -0.25) is 4.79 Å². The number of amides is 2. The van der Waals surface area contributed by atoms with Crippen molar-refractivity contribution in [1.29, 1.82) is 0 Å². The number of benzene rings is 1. The van der Waals surface area contributed by atoms with Crippen molar-refractivity contribution in [2.45, 2.75) is 51.5 Å². The van der Waals surface area contributed by atoms with E-state index in [2.05, 4.69) is 10.6 Å². The van der Waals surface area contributed by atoms with Gasteiger partial charge in [-0.1, -0.05) is 19.9 Å². The van der Waals surface area contributed by atoms with E-state index < -0.39 is 5.54 Å². The molecule has 0 atom stereocenters. The number of hydrogen-bond donors (Lipinski definition) is 3. The van der Waals surface area contributed by atoms with E-state index in [-0.39, 0.29) is 18.4 Å². The van der Waals surface area contributed by atoms with Crippen LogP contribution in [0.5, 0.6) is 0 Å². The Morgan fingerprint density at radius 2 is 2.00 bits per heavy atom. The predicted octanol–water partition coefficient (Wildman–Crippen LogP) is 2.88. The Labute approximate surface area is 131 Å². The van der Waals surface area contributed by atoms with Crippen molar-refractivity contribution in [3.05, 3.63) is 29.3 Å². The fourth-order valence-electron chi connectivity index (χ4n) is 2.80. The molecule has 0 spiro atoms. The third kappa shape index (κ3) is 3.47. The van der Waals surface area contributed by atoms with Gasteiger partial charge in [-0.05, 0) is 43.4 Å². The summed E-state index contributed by atoms with van der Waals surface area (Å²) in [5.41, 5.74) is 1.76. The Balaban J connectivity index is 2.09. The van der Waals surface area contributed by atoms with Gasteiger partial charge < -0.3 is 15.7 Å². The van der Waals surface area contributed by atoms with Crippen molar-refractivity contribution in [3.8, 4) is 0 Å². The van der Waals surface area contributed by atoms with Gasteiger partial charge in [0, 0.05) is 17.7 Å². The van der Waals surface area contributed by atoms with Gasteiger partial charge >= 0.3 is 6.03 Å². The average Bonchev–Trinajstić information content (AvgIpc) is 2.53. The fraction of sp³-hybridized carbons (Fsp3) is 0.529. The SMILES string of the molecule is CCC(CC)(CO)NC(=O)Nc1ccc2c(c1)C(=O)CCC2. The van der Waals surface area contributed by atoms with E-state index in [0.717, 1.165) is 18.4 Å². The highest BCUT2D eigenvalue weighted by Gasteiger charge is 2.27. The minimum absolute atomic E-state index is 0.101. The van der Waals surface area contributed by atoms with Crippen LogP contribution >= 0.6 is 0 Å². The Morgan fingerprint density at radius 1 is 1.27 bits per heavy atom. The second-order valence-corrected chi connectivity index (χ2v) is 5.87. The van der Waals surface area contributed by atoms with Gasteiger partial charge in [0.1, 0.15) is 0 Å². The van der Waals surface area contributed by atoms with Gasteiger partial charge in [0.15, 0.2) is 5.78 Å². The summed E-state index contributed by atoms with van der Waals surface area (Å²) >= 11 is 0. The lowest BCUT2D eigenvalue weighted by atomic mass is 9.90. The number of aliphatic hydroxyl groups excluding tert-OH is 1. The summed E-state index contributed by atoms with van der Waals surface area (Å²) in [6.07, 6.45) is 3.67. The van der Waals surface area contributed by atoms with Crippen molar-refractivity contribution in [3.63, 3.8) is 0 Å². The third-order valence-corrected chi connectivity index (χ3v) is 4.55. The molecule has 3 N–H and O–H groups in total. The van der Waals surface area contributed by atoms with E-state index in [4.69, 9.17) is 0 Å². The fourth-order valence-corrected chi connectivity index (χ4v) is 2.80. The lowest BCUT2D eigenvalue weighted by Crippen LogP contribution is -2.52. The molecule has 120 valence electrons. The molecule has 1 aliphatic rings. The van der Waals surface area contributed by atoms with Crippen molar-refractivity contribution >= 4 is 17.5 Å². The van der Waals surface area contributed by atoms with E-state index in [1.807, 2.05) is 26.0 Å². The van der Waals surface area contributed by atoms with E-state index >= 15 is 0 Å². The number of aliphatic hydroxyl groups is 1. The first-order valence-electron chi connectivity index (χ1n) is 7.89. The summed E-state index contributed by atoms with van der Waals surface area (Å²) in [6, 6.07) is 5.10. The molecule has 0 aliphatic heterocycles. The summed E-state index contributed by atoms with van der Waals surface area (Å²) < 4.78 is 0. The second-order valence-electron chi connectivity index (χ2n) is 5.87. The largest absolute Gasteiger partial charge is 0.394 e. The molecule has 0 saturated heterocycles. The quantitative estimate of drug-likeness (QED) is 0.782. The van der Waals surface area contributed by atoms with Gasteiger partial charge in [0.05, 0.1) is 12.1 Å². The van der Waals surface area contributed by atoms with Crippen LogP contribution in [0.4, 0.5) is 10.5 Å². The van der Waals surface area contributed by atoms with Crippen LogP contribution in [0.2, 0.25) is 0 Å². The number of carbonyl (C=O) groups excluding carboxylic acids is 2. The number of nitrogens with one attached hydrogen (secondary N) is 2. The number of carbonyl (C=O) groups is 2. The molecule has 1 aromatic carbocycles. The highest BCUT2D eigenvalue weighted by Crippen LogP contribution is 2.24. The second kappa shape index (κ2) is 6.92. The maximum absolute atomic E-state index is 12.1. The highest BCUT2D eigenvalue weighted by molar-refractivity contribution is 6.00. The summed E-state index contributed by atoms with van der Waals surface area (Å²) in [6.45, 7) is 3.76. The molecule has 1 aromatic rings. The molecule has 0 bridgehead atoms. The van der Waals surface area contributed by atoms with Gasteiger partial charge in [-0.25, -0.2) is 4.79 Å². The molecule has 1 aliphatic carbocycles. The molecule has 0 unspecified atom stereocenters. The van der Waals surface area contributed by atoms with Crippen LogP contribution in [0.15, 0.2) is 18.2 Å². The van der Waals surface area contributed by atoms with Crippen LogP contribution in [0, 0.1) is 0 Å². The molecule has 5 heteroatoms. The number of aryl methyl sites for hydroxylation is 1. The number of Topliss-reactive ketones (excluding diaryl/α,β-unsaturated/α-hetero) is 1. The maximum Gasteiger partial charge on any atom is 0.319 e. The van der Waals surface area contributed by atoms with Crippen LogP contribution in [0.25, 0.3) is 0 Å². The Morgan fingerprint density at radius 3 is 2.64 bits per heavy atom. The smallest absolute Gasteiger partial charge is 0.319 e. The van der Waals surface area contributed by atoms with E-state index in [9.17, 15) is 14.7 Å². The van der Waals surface area contributed by atoms with Crippen molar-refractivity contribution in [2.75, 3.05) is 11.9 Å². The molecule has 0 radical (unpaired) electrons. The van der Waals surface area contributed by atoms with E-state index in [1.165, 1.54) is 0 Å². The Kier molecular flexibility index (Phi) is 5.19. The summed E-state index contributed by atoms with van der Waals surface area (Å²) in [7, 11) is 0. The lowest BCUT2D eigenvalue weighted by Gasteiger charge is -2.30. The predicted molar refractivity (Wildman–Crippen MR) is 86.3 cm³/mol. The molecule has 0 fully saturated rings. The molecule has 0 heterocycles. The summed E-state index contributed by atoms with van der Waals surface area (Å²) in [5.74, 6) is 0.136. The Bertz CT molecular complexity index is 557. The zero-order valence-corrected chi connectivity index (χ0v) is 13.2. The number of urea groups is 1. The normalized spacial score (nSPS) is 14.4. The first-order chi connectivity index (χ1) is 10.5. The number of ketones is 1. The molecule has 2 amide bonds. The van der Waals surface area contributed by atoms with Crippen molar-refractivity contribution in [2.24, 2.45) is 0 Å². The summed E-state index contributed by atoms with van der Waals surface area (Å²) in [4.78, 5) is 24.1. The molecule has 0 aromatic heterocycles. The Hall–Kier alpha value is -1.88. The molecule has 0 saturated carbocycles. The maximum atomic E-state index is 12.1. The van der Waals surface area contributed by atoms with Gasteiger partial charge in [-0.15, -0.1) is 0 Å². The average molecular weight is 304 g/mol. The van der Waals surface area contributed by atoms with E-state index in [0.29, 0.717) is 30.5 Å². The first-order valence-corrected chi connectivity index (χ1v) is 7.89. The molecule has 2 rings (SSSR count). The number of hydrogen-bond acceptors (Lipinski definition) is 3. The standard InChI is InChI=1S/C17H24N2O3/c1-3-17(4-2,11-20)19-16(22)18-13-9-8-12-6-5-7-15(21)14(12)10-13/h8-10,20H,3-7,11H2,1-2H3,(H2,18,19,22). The van der Waals surface area contributed by atoms with Gasteiger partial charge in [0.2, 0.25) is 0 Å². The zero-order chi connectivity index (χ0) is 16.2. The highest BCUT2D eigenvalue weighted by atomic mass is 16.3. The third-order valence-electron chi connectivity index (χ3n) is 4.55. The van der Waals surface area contributed by atoms with Crippen molar-refractivity contribution < 1.29 is 14.7 Å². The number of rotatable bonds is 5. The van der Waals surface area contributed by atoms with Crippen LogP contribution in [0.3, 0.4) is 0 Å². The molecular formula is C17H24N2O3. The van der Waals surface area contributed by atoms with Gasteiger partial charge in [-0.2, -0.15) is 0 Å². The van der Waals surface area contributed by atoms with Gasteiger partial charge in [0.25, 0.3) is 0 Å². The molecule has 5 nitrogen and oxygen atoms in total. The monoisotopic (exact) mass is 304 g/mol. The molecular weight excluding hydrogens is 280 g/mol. The molecule has 22 heavy (non-hydrogen) atoms. The van der Waals surface area contributed by atoms with Crippen LogP contribution in [0.1, 0.15) is 55.5 Å². The van der Waals surface area contributed by atoms with Crippen LogP contribution in [-0.4, -0.2) is 29.1 Å². The minimum atomic E-state index is -0.603.